The van der Waals surface area contributed by atoms with Crippen molar-refractivity contribution in [3.05, 3.63) is 0 Å². The second kappa shape index (κ2) is 5.17. The van der Waals surface area contributed by atoms with Crippen LogP contribution < -0.4 is 0 Å². The third kappa shape index (κ3) is 2.35. The Morgan fingerprint density at radius 2 is 1.68 bits per heavy atom. The molecule has 3 fully saturated rings. The van der Waals surface area contributed by atoms with Crippen molar-refractivity contribution < 1.29 is 4.79 Å². The van der Waals surface area contributed by atoms with E-state index in [9.17, 15) is 4.79 Å². The van der Waals surface area contributed by atoms with Crippen molar-refractivity contribution in [2.45, 2.75) is 50.1 Å². The Kier molecular flexibility index (Phi) is 3.69. The molecule has 108 valence electrons. The van der Waals surface area contributed by atoms with E-state index in [2.05, 4.69) is 29.9 Å². The highest BCUT2D eigenvalue weighted by molar-refractivity contribution is 7.99. The first-order valence-corrected chi connectivity index (χ1v) is 8.73. The van der Waals surface area contributed by atoms with Gasteiger partial charge in [0.25, 0.3) is 0 Å². The Morgan fingerprint density at radius 1 is 1.11 bits per heavy atom. The number of carbonyl (C=O) groups is 1. The van der Waals surface area contributed by atoms with Crippen LogP contribution in [-0.2, 0) is 0 Å². The summed E-state index contributed by atoms with van der Waals surface area (Å²) in [6.07, 6.45) is 4.52. The summed E-state index contributed by atoms with van der Waals surface area (Å²) in [6, 6.07) is 1.83. The minimum Gasteiger partial charge on any atom is -0.322 e. The lowest BCUT2D eigenvalue weighted by molar-refractivity contribution is 0.0474. The second-order valence-electron chi connectivity index (χ2n) is 6.39. The monoisotopic (exact) mass is 283 g/mol. The van der Waals surface area contributed by atoms with Crippen molar-refractivity contribution in [2.75, 3.05) is 32.4 Å². The summed E-state index contributed by atoms with van der Waals surface area (Å²) >= 11 is 1.88. The molecule has 0 aromatic heterocycles. The average Bonchev–Trinajstić information content (AvgIpc) is 2.58. The van der Waals surface area contributed by atoms with Gasteiger partial charge in [-0.3, -0.25) is 4.90 Å². The fourth-order valence-electron chi connectivity index (χ4n) is 3.58. The Balaban J connectivity index is 1.62. The maximum absolute atomic E-state index is 12.6. The lowest BCUT2D eigenvalue weighted by Crippen LogP contribution is -2.63. The molecule has 0 radical (unpaired) electrons. The molecule has 3 heterocycles. The molecule has 19 heavy (non-hydrogen) atoms. The number of nitrogens with zero attached hydrogens (tertiary/aromatic N) is 3. The number of amides is 2. The van der Waals surface area contributed by atoms with Crippen LogP contribution in [0.3, 0.4) is 0 Å². The molecule has 5 heteroatoms. The molecule has 2 unspecified atom stereocenters. The number of piperazine rings is 1. The number of likely N-dealkylation sites (tertiary alicyclic amines) is 2. The van der Waals surface area contributed by atoms with E-state index >= 15 is 0 Å². The number of fused-ring (bicyclic) bond motifs is 2. The van der Waals surface area contributed by atoms with Gasteiger partial charge in [0.1, 0.15) is 0 Å². The molecule has 0 spiro atoms. The van der Waals surface area contributed by atoms with Gasteiger partial charge in [-0.2, -0.15) is 11.8 Å². The molecule has 3 rings (SSSR count). The summed E-state index contributed by atoms with van der Waals surface area (Å²) < 4.78 is 0. The molecular formula is C14H25N3OS. The predicted molar refractivity (Wildman–Crippen MR) is 79.6 cm³/mol. The van der Waals surface area contributed by atoms with Crippen molar-refractivity contribution in [1.29, 1.82) is 0 Å². The molecule has 3 aliphatic rings. The molecule has 0 aliphatic carbocycles. The Bertz CT molecular complexity index is 343. The number of rotatable bonds is 2. The fourth-order valence-corrected chi connectivity index (χ4v) is 4.23. The van der Waals surface area contributed by atoms with E-state index in [4.69, 9.17) is 0 Å². The van der Waals surface area contributed by atoms with Crippen LogP contribution in [0.4, 0.5) is 4.79 Å². The van der Waals surface area contributed by atoms with Gasteiger partial charge in [0.05, 0.1) is 0 Å². The van der Waals surface area contributed by atoms with E-state index < -0.39 is 0 Å². The highest BCUT2D eigenvalue weighted by Gasteiger charge is 2.46. The lowest BCUT2D eigenvalue weighted by Gasteiger charge is -2.47. The zero-order valence-electron chi connectivity index (χ0n) is 12.2. The molecule has 3 aliphatic heterocycles. The topological polar surface area (TPSA) is 26.8 Å². The van der Waals surface area contributed by atoms with Crippen molar-refractivity contribution in [3.8, 4) is 0 Å². The number of hydrogen-bond donors (Lipinski definition) is 0. The van der Waals surface area contributed by atoms with Crippen LogP contribution in [0.25, 0.3) is 0 Å². The van der Waals surface area contributed by atoms with Gasteiger partial charge in [-0.15, -0.1) is 0 Å². The molecule has 0 aromatic carbocycles. The third-order valence-corrected chi connectivity index (χ3v) is 5.88. The maximum Gasteiger partial charge on any atom is 0.320 e. The first kappa shape index (κ1) is 13.6. The molecule has 3 saturated heterocycles. The van der Waals surface area contributed by atoms with E-state index in [0.29, 0.717) is 29.4 Å². The average molecular weight is 283 g/mol. The smallest absolute Gasteiger partial charge is 0.320 e. The summed E-state index contributed by atoms with van der Waals surface area (Å²) in [5.74, 6) is 0. The third-order valence-electron chi connectivity index (χ3n) is 4.91. The standard InChI is InChI=1S/C14H25N3OS/c1-10(2)15-6-11-4-5-12(7-15)17(11)14(18)16-8-13(9-16)19-3/h10-13H,4-9H2,1-3H3. The molecule has 0 aromatic rings. The van der Waals surface area contributed by atoms with Crippen molar-refractivity contribution in [3.63, 3.8) is 0 Å². The Labute approximate surface area is 120 Å². The van der Waals surface area contributed by atoms with Gasteiger partial charge in [-0.05, 0) is 32.9 Å². The first-order chi connectivity index (χ1) is 9.10. The van der Waals surface area contributed by atoms with Gasteiger partial charge >= 0.3 is 6.03 Å². The zero-order chi connectivity index (χ0) is 13.6. The molecule has 4 nitrogen and oxygen atoms in total. The lowest BCUT2D eigenvalue weighted by atomic mass is 10.1. The summed E-state index contributed by atoms with van der Waals surface area (Å²) in [4.78, 5) is 19.4. The highest BCUT2D eigenvalue weighted by Crippen LogP contribution is 2.33. The molecule has 2 amide bonds. The van der Waals surface area contributed by atoms with Crippen LogP contribution in [0.5, 0.6) is 0 Å². The quantitative estimate of drug-likeness (QED) is 0.772. The van der Waals surface area contributed by atoms with E-state index in [-0.39, 0.29) is 0 Å². The SMILES string of the molecule is CSC1CN(C(=O)N2C3CCC2CN(C(C)C)C3)C1. The van der Waals surface area contributed by atoms with E-state index in [1.807, 2.05) is 16.7 Å². The summed E-state index contributed by atoms with van der Waals surface area (Å²) in [5, 5.41) is 0.665. The molecule has 2 atom stereocenters. The summed E-state index contributed by atoms with van der Waals surface area (Å²) in [5.41, 5.74) is 0. The first-order valence-electron chi connectivity index (χ1n) is 7.44. The highest BCUT2D eigenvalue weighted by atomic mass is 32.2. The summed E-state index contributed by atoms with van der Waals surface area (Å²) in [6.45, 7) is 8.55. The van der Waals surface area contributed by atoms with E-state index in [1.165, 1.54) is 12.8 Å². The van der Waals surface area contributed by atoms with E-state index in [1.54, 1.807) is 0 Å². The maximum atomic E-state index is 12.6. The molecule has 0 N–H and O–H groups in total. The normalized spacial score (nSPS) is 32.0. The van der Waals surface area contributed by atoms with Gasteiger partial charge < -0.3 is 9.80 Å². The predicted octanol–water partition coefficient (Wildman–Crippen LogP) is 1.71. The van der Waals surface area contributed by atoms with Crippen molar-refractivity contribution in [1.82, 2.24) is 14.7 Å². The second-order valence-corrected chi connectivity index (χ2v) is 7.52. The number of urea groups is 1. The van der Waals surface area contributed by atoms with Crippen LogP contribution in [0.1, 0.15) is 26.7 Å². The van der Waals surface area contributed by atoms with Gasteiger partial charge in [-0.1, -0.05) is 0 Å². The van der Waals surface area contributed by atoms with Gasteiger partial charge in [0.2, 0.25) is 0 Å². The molecular weight excluding hydrogens is 258 g/mol. The van der Waals surface area contributed by atoms with Crippen LogP contribution in [-0.4, -0.2) is 76.5 Å². The van der Waals surface area contributed by atoms with Crippen molar-refractivity contribution in [2.24, 2.45) is 0 Å². The fraction of sp³-hybridized carbons (Fsp3) is 0.929. The number of hydrogen-bond acceptors (Lipinski definition) is 3. The molecule has 0 saturated carbocycles. The van der Waals surface area contributed by atoms with Crippen LogP contribution >= 0.6 is 11.8 Å². The minimum atomic E-state index is 0.307. The number of thioether (sulfide) groups is 1. The summed E-state index contributed by atoms with van der Waals surface area (Å²) in [7, 11) is 0. The van der Waals surface area contributed by atoms with Crippen LogP contribution in [0.15, 0.2) is 0 Å². The van der Waals surface area contributed by atoms with Crippen LogP contribution in [0.2, 0.25) is 0 Å². The number of carbonyl (C=O) groups excluding carboxylic acids is 1. The van der Waals surface area contributed by atoms with Gasteiger partial charge in [-0.25, -0.2) is 4.79 Å². The van der Waals surface area contributed by atoms with Crippen LogP contribution in [0, 0.1) is 0 Å². The van der Waals surface area contributed by atoms with Crippen molar-refractivity contribution >= 4 is 17.8 Å². The Hall–Kier alpha value is -0.420. The van der Waals surface area contributed by atoms with E-state index in [0.717, 1.165) is 26.2 Å². The zero-order valence-corrected chi connectivity index (χ0v) is 13.0. The Morgan fingerprint density at radius 3 is 2.16 bits per heavy atom. The van der Waals surface area contributed by atoms with Gasteiger partial charge in [0, 0.05) is 49.6 Å². The largest absolute Gasteiger partial charge is 0.322 e. The molecule has 2 bridgehead atoms. The minimum absolute atomic E-state index is 0.307. The van der Waals surface area contributed by atoms with Gasteiger partial charge in [0.15, 0.2) is 0 Å².